The van der Waals surface area contributed by atoms with Gasteiger partial charge in [-0.3, -0.25) is 9.80 Å². The molecule has 2 heterocycles. The fourth-order valence-electron chi connectivity index (χ4n) is 3.93. The molecule has 2 aliphatic heterocycles. The third kappa shape index (κ3) is 16.2. The van der Waals surface area contributed by atoms with Crippen LogP contribution in [0.2, 0.25) is 0 Å². The lowest BCUT2D eigenvalue weighted by molar-refractivity contribution is 0.206. The van der Waals surface area contributed by atoms with E-state index in [2.05, 4.69) is 52.3 Å². The van der Waals surface area contributed by atoms with E-state index in [0.29, 0.717) is 0 Å². The maximum Gasteiger partial charge on any atom is 0.0492 e. The van der Waals surface area contributed by atoms with E-state index in [-0.39, 0.29) is 0 Å². The molecule has 0 atom stereocenters. The van der Waals surface area contributed by atoms with Gasteiger partial charge in [0, 0.05) is 92.1 Å². The van der Waals surface area contributed by atoms with E-state index in [1.54, 1.807) is 0 Å². The smallest absolute Gasteiger partial charge is 0.0492 e. The first kappa shape index (κ1) is 27.8. The number of nitrogens with one attached hydrogen (secondary N) is 8. The third-order valence-electron chi connectivity index (χ3n) is 5.87. The number of hydrogen-bond donors (Lipinski definition) is 8. The molecule has 0 radical (unpaired) electrons. The number of unbranched alkanes of at least 4 members (excludes halogenated alkanes) is 1. The lowest BCUT2D eigenvalue weighted by Gasteiger charge is -2.26. The summed E-state index contributed by atoms with van der Waals surface area (Å²) in [5.74, 6) is 0. The predicted molar refractivity (Wildman–Crippen MR) is 135 cm³/mol. The van der Waals surface area contributed by atoms with Crippen LogP contribution in [0.1, 0.15) is 25.7 Å². The Labute approximate surface area is 196 Å². The Balaban J connectivity index is 1.62. The SMILES string of the molecule is C1CNCCNCN(CCCCN2CNCCNCCCNCCNC2)CNCCNC1. The van der Waals surface area contributed by atoms with Crippen molar-refractivity contribution < 1.29 is 0 Å². The van der Waals surface area contributed by atoms with Gasteiger partial charge in [-0.05, 0) is 51.9 Å². The largest absolute Gasteiger partial charge is 0.315 e. The van der Waals surface area contributed by atoms with Crippen LogP contribution in [0.3, 0.4) is 0 Å². The molecule has 190 valence electrons. The second kappa shape index (κ2) is 21.2. The van der Waals surface area contributed by atoms with Crippen LogP contribution >= 0.6 is 0 Å². The minimum atomic E-state index is 0.953. The molecule has 2 saturated heterocycles. The molecule has 2 aliphatic rings. The average Bonchev–Trinajstić information content (AvgIpc) is 2.81. The second-order valence-corrected chi connectivity index (χ2v) is 8.84. The Bertz CT molecular complexity index is 337. The Morgan fingerprint density at radius 2 is 0.625 bits per heavy atom. The van der Waals surface area contributed by atoms with Crippen LogP contribution in [-0.4, -0.2) is 128 Å². The van der Waals surface area contributed by atoms with Gasteiger partial charge in [0.05, 0.1) is 0 Å². The van der Waals surface area contributed by atoms with Gasteiger partial charge in [-0.25, -0.2) is 0 Å². The lowest BCUT2D eigenvalue weighted by Crippen LogP contribution is -2.45. The van der Waals surface area contributed by atoms with Crippen molar-refractivity contribution in [1.82, 2.24) is 52.3 Å². The van der Waals surface area contributed by atoms with Crippen LogP contribution in [0.25, 0.3) is 0 Å². The summed E-state index contributed by atoms with van der Waals surface area (Å²) in [4.78, 5) is 5.00. The summed E-state index contributed by atoms with van der Waals surface area (Å²) in [5.41, 5.74) is 0. The van der Waals surface area contributed by atoms with Crippen LogP contribution < -0.4 is 42.5 Å². The van der Waals surface area contributed by atoms with E-state index in [9.17, 15) is 0 Å². The van der Waals surface area contributed by atoms with Gasteiger partial charge in [0.2, 0.25) is 0 Å². The van der Waals surface area contributed by atoms with Gasteiger partial charge in [0.15, 0.2) is 0 Å². The first-order valence-electron chi connectivity index (χ1n) is 13.1. The van der Waals surface area contributed by atoms with Gasteiger partial charge in [-0.15, -0.1) is 0 Å². The molecule has 0 saturated carbocycles. The topological polar surface area (TPSA) is 103 Å². The Kier molecular flexibility index (Phi) is 18.4. The summed E-state index contributed by atoms with van der Waals surface area (Å²) in [7, 11) is 0. The van der Waals surface area contributed by atoms with Gasteiger partial charge in [0.25, 0.3) is 0 Å². The highest BCUT2D eigenvalue weighted by Crippen LogP contribution is 1.97. The number of rotatable bonds is 5. The number of nitrogens with zero attached hydrogens (tertiary/aromatic N) is 2. The van der Waals surface area contributed by atoms with Crippen molar-refractivity contribution in [3.63, 3.8) is 0 Å². The van der Waals surface area contributed by atoms with Gasteiger partial charge in [-0.1, -0.05) is 0 Å². The van der Waals surface area contributed by atoms with Crippen molar-refractivity contribution in [3.05, 3.63) is 0 Å². The summed E-state index contributed by atoms with van der Waals surface area (Å²) in [6, 6.07) is 0. The molecule has 32 heavy (non-hydrogen) atoms. The molecule has 0 amide bonds. The summed E-state index contributed by atoms with van der Waals surface area (Å²) >= 11 is 0. The zero-order valence-corrected chi connectivity index (χ0v) is 20.5. The first-order valence-corrected chi connectivity index (χ1v) is 13.1. The highest BCUT2D eigenvalue weighted by atomic mass is 15.3. The molecule has 8 N–H and O–H groups in total. The standard InChI is InChI=1S/C22H52N10/c1(17-31-19-27-13-9-23-5-3-6-24-10-14-28-20-31)2-18-32-21-29-15-11-25-7-4-8-26-12-16-30-22-32/h23-30H,1-22H2. The van der Waals surface area contributed by atoms with Crippen molar-refractivity contribution in [3.8, 4) is 0 Å². The van der Waals surface area contributed by atoms with Gasteiger partial charge >= 0.3 is 0 Å². The van der Waals surface area contributed by atoms with E-state index < -0.39 is 0 Å². The van der Waals surface area contributed by atoms with Crippen LogP contribution in [0.5, 0.6) is 0 Å². The van der Waals surface area contributed by atoms with Crippen molar-refractivity contribution in [2.45, 2.75) is 25.7 Å². The second-order valence-electron chi connectivity index (χ2n) is 8.84. The fraction of sp³-hybridized carbons (Fsp3) is 1.00. The highest BCUT2D eigenvalue weighted by molar-refractivity contribution is 4.64. The van der Waals surface area contributed by atoms with Crippen LogP contribution in [-0.2, 0) is 0 Å². The minimum Gasteiger partial charge on any atom is -0.315 e. The number of hydrogen-bond acceptors (Lipinski definition) is 10. The molecule has 0 aromatic heterocycles. The summed E-state index contributed by atoms with van der Waals surface area (Å²) in [6.07, 6.45) is 4.84. The predicted octanol–water partition coefficient (Wildman–Crippen LogP) is -2.28. The molecule has 10 nitrogen and oxygen atoms in total. The van der Waals surface area contributed by atoms with E-state index in [1.165, 1.54) is 25.7 Å². The molecule has 0 aromatic carbocycles. The molecule has 0 spiro atoms. The molecule has 0 aliphatic carbocycles. The highest BCUT2D eigenvalue weighted by Gasteiger charge is 2.07. The zero-order valence-electron chi connectivity index (χ0n) is 20.5. The van der Waals surface area contributed by atoms with Crippen LogP contribution in [0, 0.1) is 0 Å². The van der Waals surface area contributed by atoms with Crippen molar-refractivity contribution >= 4 is 0 Å². The molecule has 10 heteroatoms. The maximum atomic E-state index is 3.59. The van der Waals surface area contributed by atoms with E-state index in [1.807, 2.05) is 0 Å². The first-order chi connectivity index (χ1) is 15.9. The summed E-state index contributed by atoms with van der Waals surface area (Å²) in [5, 5.41) is 28.4. The molecule has 2 rings (SSSR count). The van der Waals surface area contributed by atoms with Gasteiger partial charge in [0.1, 0.15) is 0 Å². The minimum absolute atomic E-state index is 0.953. The summed E-state index contributed by atoms with van der Waals surface area (Å²) < 4.78 is 0. The third-order valence-corrected chi connectivity index (χ3v) is 5.87. The van der Waals surface area contributed by atoms with E-state index in [4.69, 9.17) is 0 Å². The lowest BCUT2D eigenvalue weighted by atomic mass is 10.3. The Hall–Kier alpha value is -0.400. The molecule has 0 aromatic rings. The summed E-state index contributed by atoms with van der Waals surface area (Å²) in [6.45, 7) is 18.7. The quantitative estimate of drug-likeness (QED) is 0.216. The van der Waals surface area contributed by atoms with Crippen molar-refractivity contribution in [2.75, 3.05) is 118 Å². The Morgan fingerprint density at radius 3 is 0.938 bits per heavy atom. The zero-order chi connectivity index (χ0) is 22.4. The molecular formula is C22H52N10. The van der Waals surface area contributed by atoms with E-state index in [0.717, 1.165) is 118 Å². The maximum absolute atomic E-state index is 3.59. The van der Waals surface area contributed by atoms with Gasteiger partial charge in [-0.2, -0.15) is 0 Å². The van der Waals surface area contributed by atoms with Gasteiger partial charge < -0.3 is 42.5 Å². The van der Waals surface area contributed by atoms with Crippen LogP contribution in [0.15, 0.2) is 0 Å². The van der Waals surface area contributed by atoms with Crippen LogP contribution in [0.4, 0.5) is 0 Å². The molecule has 0 bridgehead atoms. The van der Waals surface area contributed by atoms with Crippen molar-refractivity contribution in [1.29, 1.82) is 0 Å². The monoisotopic (exact) mass is 456 g/mol. The molecule has 0 unspecified atom stereocenters. The van der Waals surface area contributed by atoms with E-state index >= 15 is 0 Å². The average molecular weight is 457 g/mol. The molecular weight excluding hydrogens is 404 g/mol. The van der Waals surface area contributed by atoms with Crippen molar-refractivity contribution in [2.24, 2.45) is 0 Å². The Morgan fingerprint density at radius 1 is 0.344 bits per heavy atom. The fourth-order valence-corrected chi connectivity index (χ4v) is 3.93. The molecule has 2 fully saturated rings. The normalized spacial score (nSPS) is 24.4.